The molecule has 4 rings (SSSR count). The Hall–Kier alpha value is -3.56. The minimum Gasteiger partial charge on any atom is -0.386 e. The first-order chi connectivity index (χ1) is 16.5. The summed E-state index contributed by atoms with van der Waals surface area (Å²) in [6.45, 7) is 3.84. The second-order valence-electron chi connectivity index (χ2n) is 8.70. The van der Waals surface area contributed by atoms with Gasteiger partial charge in [0.05, 0.1) is 17.9 Å². The molecule has 1 N–H and O–H groups in total. The fourth-order valence-electron chi connectivity index (χ4n) is 4.24. The van der Waals surface area contributed by atoms with Crippen LogP contribution in [-0.4, -0.2) is 78.5 Å². The molecule has 0 aliphatic carbocycles. The van der Waals surface area contributed by atoms with Gasteiger partial charge in [0.25, 0.3) is 5.56 Å². The first kappa shape index (κ1) is 24.6. The third-order valence-corrected chi connectivity index (χ3v) is 7.26. The molecule has 11 nitrogen and oxygen atoms in total. The molecule has 0 radical (unpaired) electrons. The number of hydrogen-bond acceptors (Lipinski definition) is 8. The van der Waals surface area contributed by atoms with Gasteiger partial charge in [-0.25, -0.2) is 13.2 Å². The summed E-state index contributed by atoms with van der Waals surface area (Å²) in [5.74, 6) is 6.04. The van der Waals surface area contributed by atoms with Crippen molar-refractivity contribution in [1.82, 2.24) is 23.6 Å². The van der Waals surface area contributed by atoms with Gasteiger partial charge in [-0.05, 0) is 25.2 Å². The Labute approximate surface area is 203 Å². The molecular weight excluding hydrogens is 470 g/mol. The van der Waals surface area contributed by atoms with Crippen molar-refractivity contribution < 1.29 is 8.42 Å². The van der Waals surface area contributed by atoms with Crippen LogP contribution in [0.5, 0.6) is 0 Å². The summed E-state index contributed by atoms with van der Waals surface area (Å²) in [6, 6.07) is 5.93. The maximum absolute atomic E-state index is 12.8. The molecule has 0 spiro atoms. The molecule has 1 aliphatic rings. The summed E-state index contributed by atoms with van der Waals surface area (Å²) >= 11 is 0. The van der Waals surface area contributed by atoms with Crippen LogP contribution in [-0.2, 0) is 30.5 Å². The number of hydrogen-bond donors (Lipinski definition) is 1. The molecule has 0 unspecified atom stereocenters. The lowest BCUT2D eigenvalue weighted by Gasteiger charge is -2.35. The Morgan fingerprint density at radius 2 is 1.74 bits per heavy atom. The molecule has 2 aromatic heterocycles. The van der Waals surface area contributed by atoms with Gasteiger partial charge >= 0.3 is 5.69 Å². The lowest BCUT2D eigenvalue weighted by atomic mass is 10.1. The molecule has 3 heterocycles. The summed E-state index contributed by atoms with van der Waals surface area (Å²) < 4.78 is 27.6. The summed E-state index contributed by atoms with van der Waals surface area (Å²) in [6.07, 6.45) is 1.01. The maximum atomic E-state index is 12.8. The standard InChI is InChI=1S/C23H29N7O4S/c1-24-17-15-16(8-9-18(17)29-13-11-26(2)12-14-29)7-6-10-30-20-19(21(31)28(4)23(30)32)27(3)22(25-20)35(5,33)34/h8-9,15,24H,10-14H2,1-5H3. The van der Waals surface area contributed by atoms with Gasteiger partial charge in [-0.15, -0.1) is 0 Å². The predicted octanol–water partition coefficient (Wildman–Crippen LogP) is -0.318. The zero-order chi connectivity index (χ0) is 25.5. The Morgan fingerprint density at radius 3 is 2.37 bits per heavy atom. The minimum absolute atomic E-state index is 0.00310. The highest BCUT2D eigenvalue weighted by Crippen LogP contribution is 2.27. The molecule has 0 saturated carbocycles. The van der Waals surface area contributed by atoms with Gasteiger partial charge in [0, 0.05) is 59.1 Å². The van der Waals surface area contributed by atoms with Crippen LogP contribution in [0, 0.1) is 11.8 Å². The molecule has 1 aliphatic heterocycles. The smallest absolute Gasteiger partial charge is 0.333 e. The molecule has 1 fully saturated rings. The van der Waals surface area contributed by atoms with Crippen LogP contribution in [0.3, 0.4) is 0 Å². The highest BCUT2D eigenvalue weighted by atomic mass is 32.2. The van der Waals surface area contributed by atoms with Crippen molar-refractivity contribution in [2.45, 2.75) is 11.7 Å². The second kappa shape index (κ2) is 9.24. The zero-order valence-electron chi connectivity index (χ0n) is 20.5. The number of sulfone groups is 1. The molecule has 0 amide bonds. The van der Waals surface area contributed by atoms with Crippen molar-refractivity contribution >= 4 is 32.4 Å². The highest BCUT2D eigenvalue weighted by molar-refractivity contribution is 7.90. The number of rotatable bonds is 4. The Balaban J connectivity index is 1.70. The van der Waals surface area contributed by atoms with Crippen LogP contribution in [0.25, 0.3) is 11.2 Å². The van der Waals surface area contributed by atoms with Gasteiger partial charge in [-0.1, -0.05) is 11.8 Å². The largest absolute Gasteiger partial charge is 0.386 e. The average Bonchev–Trinajstić information content (AvgIpc) is 3.17. The van der Waals surface area contributed by atoms with E-state index in [9.17, 15) is 18.0 Å². The zero-order valence-corrected chi connectivity index (χ0v) is 21.3. The van der Waals surface area contributed by atoms with Crippen molar-refractivity contribution in [3.8, 4) is 11.8 Å². The monoisotopic (exact) mass is 499 g/mol. The fourth-order valence-corrected chi connectivity index (χ4v) is 5.08. The van der Waals surface area contributed by atoms with E-state index in [2.05, 4.69) is 39.0 Å². The molecular formula is C23H29N7O4S. The normalized spacial score (nSPS) is 14.7. The molecule has 35 heavy (non-hydrogen) atoms. The van der Waals surface area contributed by atoms with Crippen molar-refractivity contribution in [3.63, 3.8) is 0 Å². The SMILES string of the molecule is CNc1cc(C#CCn2c(=O)n(C)c(=O)c3c2nc(S(C)(=O)=O)n3C)ccc1N1CCN(C)CC1. The lowest BCUT2D eigenvalue weighted by molar-refractivity contribution is 0.313. The van der Waals surface area contributed by atoms with E-state index in [-0.39, 0.29) is 22.9 Å². The molecule has 186 valence electrons. The maximum Gasteiger partial charge on any atom is 0.333 e. The van der Waals surface area contributed by atoms with Crippen molar-refractivity contribution in [3.05, 3.63) is 44.6 Å². The average molecular weight is 500 g/mol. The Bertz CT molecular complexity index is 1580. The molecule has 12 heteroatoms. The topological polar surface area (TPSA) is 114 Å². The molecule has 3 aromatic rings. The van der Waals surface area contributed by atoms with Gasteiger partial charge < -0.3 is 19.7 Å². The van der Waals surface area contributed by atoms with Crippen LogP contribution in [0.2, 0.25) is 0 Å². The number of nitrogens with zero attached hydrogens (tertiary/aromatic N) is 6. The number of benzene rings is 1. The van der Waals surface area contributed by atoms with Gasteiger partial charge in [-0.3, -0.25) is 13.9 Å². The summed E-state index contributed by atoms with van der Waals surface area (Å²) in [4.78, 5) is 34.2. The van der Waals surface area contributed by atoms with Crippen LogP contribution >= 0.6 is 0 Å². The molecule has 1 aromatic carbocycles. The van der Waals surface area contributed by atoms with Crippen molar-refractivity contribution in [2.75, 3.05) is 56.7 Å². The third kappa shape index (κ3) is 4.56. The van der Waals surface area contributed by atoms with Crippen LogP contribution in [0.15, 0.2) is 32.9 Å². The number of aromatic nitrogens is 4. The minimum atomic E-state index is -3.70. The van der Waals surface area contributed by atoms with Crippen LogP contribution in [0.1, 0.15) is 5.56 Å². The van der Waals surface area contributed by atoms with E-state index in [0.717, 1.165) is 53.9 Å². The van der Waals surface area contributed by atoms with E-state index in [1.807, 2.05) is 25.2 Å². The highest BCUT2D eigenvalue weighted by Gasteiger charge is 2.23. The summed E-state index contributed by atoms with van der Waals surface area (Å²) in [5, 5.41) is 2.95. The molecule has 0 atom stereocenters. The van der Waals surface area contributed by atoms with E-state index in [0.29, 0.717) is 0 Å². The van der Waals surface area contributed by atoms with E-state index >= 15 is 0 Å². The van der Waals surface area contributed by atoms with Crippen molar-refractivity contribution in [1.29, 1.82) is 0 Å². The third-order valence-electron chi connectivity index (χ3n) is 6.23. The number of anilines is 2. The van der Waals surface area contributed by atoms with Gasteiger partial charge in [0.1, 0.15) is 0 Å². The number of fused-ring (bicyclic) bond motifs is 1. The van der Waals surface area contributed by atoms with E-state index in [1.165, 1.54) is 23.2 Å². The van der Waals surface area contributed by atoms with Gasteiger partial charge in [0.15, 0.2) is 11.2 Å². The lowest BCUT2D eigenvalue weighted by Crippen LogP contribution is -2.44. The van der Waals surface area contributed by atoms with Gasteiger partial charge in [-0.2, -0.15) is 4.98 Å². The number of nitrogens with one attached hydrogen (secondary N) is 1. The van der Waals surface area contributed by atoms with E-state index in [1.54, 1.807) is 0 Å². The quantitative estimate of drug-likeness (QED) is 0.486. The van der Waals surface area contributed by atoms with E-state index < -0.39 is 21.1 Å². The molecule has 0 bridgehead atoms. The second-order valence-corrected chi connectivity index (χ2v) is 10.6. The Kier molecular flexibility index (Phi) is 6.48. The summed E-state index contributed by atoms with van der Waals surface area (Å²) in [5.41, 5.74) is 1.64. The predicted molar refractivity (Wildman–Crippen MR) is 136 cm³/mol. The fraction of sp³-hybridized carbons (Fsp3) is 0.435. The molecule has 1 saturated heterocycles. The number of piperazine rings is 1. The number of likely N-dealkylation sites (N-methyl/N-ethyl adjacent to an activating group) is 1. The van der Waals surface area contributed by atoms with Crippen LogP contribution < -0.4 is 21.5 Å². The van der Waals surface area contributed by atoms with Gasteiger partial charge in [0.2, 0.25) is 15.0 Å². The first-order valence-electron chi connectivity index (χ1n) is 11.1. The van der Waals surface area contributed by atoms with E-state index in [4.69, 9.17) is 0 Å². The van der Waals surface area contributed by atoms with Crippen molar-refractivity contribution in [2.24, 2.45) is 14.1 Å². The number of aryl methyl sites for hydroxylation is 1. The van der Waals surface area contributed by atoms with Crippen LogP contribution in [0.4, 0.5) is 11.4 Å². The number of imidazole rings is 1. The first-order valence-corrected chi connectivity index (χ1v) is 13.0. The summed E-state index contributed by atoms with van der Waals surface area (Å²) in [7, 11) is 3.07. The Morgan fingerprint density at radius 1 is 1.06 bits per heavy atom.